The van der Waals surface area contributed by atoms with E-state index in [1.807, 2.05) is 0 Å². The van der Waals surface area contributed by atoms with E-state index < -0.39 is 23.8 Å². The normalized spacial score (nSPS) is 40.3. The van der Waals surface area contributed by atoms with E-state index in [-0.39, 0.29) is 24.2 Å². The Bertz CT molecular complexity index is 922. The van der Waals surface area contributed by atoms with E-state index in [1.54, 1.807) is 9.24 Å². The molecular weight excluding hydrogens is 531 g/mol. The van der Waals surface area contributed by atoms with E-state index in [0.29, 0.717) is 30.5 Å². The average Bonchev–Trinajstić information content (AvgIpc) is 3.74. The first-order chi connectivity index (χ1) is 19.1. The summed E-state index contributed by atoms with van der Waals surface area (Å²) in [6.45, 7) is 5.44. The van der Waals surface area contributed by atoms with Crippen molar-refractivity contribution in [3.63, 3.8) is 0 Å². The summed E-state index contributed by atoms with van der Waals surface area (Å²) in [6.07, 6.45) is 15.1. The van der Waals surface area contributed by atoms with Crippen LogP contribution in [0.3, 0.4) is 0 Å². The number of alkyl halides is 2. The molecule has 6 fully saturated rings. The number of carbonyl (C=O) groups is 2. The Morgan fingerprint density at radius 2 is 1.57 bits per heavy atom. The van der Waals surface area contributed by atoms with Crippen molar-refractivity contribution in [1.82, 2.24) is 20.7 Å². The van der Waals surface area contributed by atoms with E-state index >= 15 is 0 Å². The predicted molar refractivity (Wildman–Crippen MR) is 156 cm³/mol. The van der Waals surface area contributed by atoms with Gasteiger partial charge in [-0.15, -0.1) is 0 Å². The molecule has 3 aliphatic heterocycles. The maximum Gasteiger partial charge on any atom is 0.273 e. The van der Waals surface area contributed by atoms with Crippen LogP contribution >= 0.6 is 9.24 Å². The zero-order valence-electron chi connectivity index (χ0n) is 24.1. The number of carbonyl (C=O) groups excluding carboxylic acids is 2. The second kappa shape index (κ2) is 12.7. The minimum Gasteiger partial charge on any atom is -0.339 e. The van der Waals surface area contributed by atoms with Crippen molar-refractivity contribution in [2.75, 3.05) is 6.54 Å². The molecule has 0 bridgehead atoms. The molecule has 3 saturated heterocycles. The van der Waals surface area contributed by atoms with Crippen LogP contribution in [0.1, 0.15) is 90.4 Å². The summed E-state index contributed by atoms with van der Waals surface area (Å²) < 4.78 is 27.6. The number of hydrogen-bond acceptors (Lipinski definition) is 6. The van der Waals surface area contributed by atoms with Crippen LogP contribution in [0.2, 0.25) is 0 Å². The second-order valence-electron chi connectivity index (χ2n) is 13.3. The number of likely N-dealkylation sites (tertiary alicyclic amines) is 1. The first-order valence-corrected chi connectivity index (χ1v) is 16.3. The van der Waals surface area contributed by atoms with Gasteiger partial charge < -0.3 is 10.6 Å². The molecule has 3 heterocycles. The Morgan fingerprint density at radius 1 is 0.950 bits per heavy atom. The van der Waals surface area contributed by atoms with Gasteiger partial charge in [-0.2, -0.15) is 0 Å². The highest BCUT2D eigenvalue weighted by atomic mass is 31.0. The Kier molecular flexibility index (Phi) is 9.68. The third-order valence-electron chi connectivity index (χ3n) is 10.7. The van der Waals surface area contributed by atoms with Crippen molar-refractivity contribution in [3.05, 3.63) is 12.7 Å². The zero-order valence-corrected chi connectivity index (χ0v) is 25.2. The first kappa shape index (κ1) is 30.5. The molecule has 7 nitrogen and oxygen atoms in total. The van der Waals surface area contributed by atoms with Crippen molar-refractivity contribution in [1.29, 1.82) is 0 Å². The van der Waals surface area contributed by atoms with Crippen molar-refractivity contribution in [2.45, 2.75) is 132 Å². The summed E-state index contributed by atoms with van der Waals surface area (Å²) in [7, 11) is 1.62. The van der Waals surface area contributed by atoms with Crippen LogP contribution in [-0.4, -0.2) is 70.2 Å². The van der Waals surface area contributed by atoms with Crippen LogP contribution in [0.15, 0.2) is 12.7 Å². The molecule has 0 radical (unpaired) electrons. The lowest BCUT2D eigenvalue weighted by Gasteiger charge is -2.48. The van der Waals surface area contributed by atoms with Gasteiger partial charge in [-0.25, -0.2) is 13.8 Å². The fourth-order valence-corrected chi connectivity index (χ4v) is 8.73. The van der Waals surface area contributed by atoms with Crippen molar-refractivity contribution in [2.24, 2.45) is 29.4 Å². The monoisotopic (exact) mass is 581 g/mol. The molecule has 10 heteroatoms. The Labute approximate surface area is 241 Å². The van der Waals surface area contributed by atoms with Gasteiger partial charge in [0.25, 0.3) is 5.66 Å². The summed E-state index contributed by atoms with van der Waals surface area (Å²) in [5.41, 5.74) is 7.34. The lowest BCUT2D eigenvalue weighted by Crippen LogP contribution is -2.63. The highest BCUT2D eigenvalue weighted by Gasteiger charge is 2.54. The lowest BCUT2D eigenvalue weighted by molar-refractivity contribution is -0.145. The molecular formula is C30H50F2N5O2P. The maximum absolute atomic E-state index is 13.8. The fraction of sp³-hybridized carbons (Fsp3) is 0.867. The number of allylic oxidation sites excluding steroid dienone is 1. The Balaban J connectivity index is 0.000000595. The van der Waals surface area contributed by atoms with Crippen LogP contribution < -0.4 is 16.5 Å². The van der Waals surface area contributed by atoms with Crippen LogP contribution in [0, 0.1) is 23.7 Å². The molecule has 0 aromatic rings. The van der Waals surface area contributed by atoms with E-state index in [4.69, 9.17) is 5.73 Å². The van der Waals surface area contributed by atoms with E-state index in [0.717, 1.165) is 37.6 Å². The van der Waals surface area contributed by atoms with E-state index in [1.165, 1.54) is 64.4 Å². The number of hydrazine groups is 1. The number of rotatable bonds is 5. The standard InChI is InChI=1S/C26H44F2N5OP.C4H6O/c27-26(28,35)22-12-11-18(24(29)30-22)25(34)32-14-13-21-23-19(3-1-2-4-20(23)32)31-33(21)17-9-7-16(8-10-17)15-5-6-15;1-3-4(2)5/h15-24,30-31H,1-14,29,35H2;3H,1H2,2H3/t16?,17?,18?,19?,20-,21?,22?,23?,24?;/m0./s1. The summed E-state index contributed by atoms with van der Waals surface area (Å²) in [6, 6.07) is 0.839. The van der Waals surface area contributed by atoms with Gasteiger partial charge in [0.2, 0.25) is 5.91 Å². The zero-order chi connectivity index (χ0) is 28.6. The molecule has 40 heavy (non-hydrogen) atoms. The van der Waals surface area contributed by atoms with Crippen LogP contribution in [0.4, 0.5) is 8.78 Å². The largest absolute Gasteiger partial charge is 0.339 e. The maximum atomic E-state index is 13.8. The highest BCUT2D eigenvalue weighted by molar-refractivity contribution is 7.18. The molecule has 3 aliphatic carbocycles. The third kappa shape index (κ3) is 6.64. The lowest BCUT2D eigenvalue weighted by atomic mass is 9.77. The SMILES string of the molecule is C=CC(C)=O.NC1NC(C(F)(F)P)CCC1C(=O)N1CCC2C3C(CCCC[C@@H]31)NN2C1CCC(C2CC2)CC1. The molecule has 0 aromatic heterocycles. The van der Waals surface area contributed by atoms with Gasteiger partial charge in [0, 0.05) is 36.6 Å². The van der Waals surface area contributed by atoms with Crippen LogP contribution in [-0.2, 0) is 9.59 Å². The molecule has 6 rings (SSSR count). The number of nitrogens with zero attached hydrogens (tertiary/aromatic N) is 2. The van der Waals surface area contributed by atoms with E-state index in [9.17, 15) is 18.4 Å². The van der Waals surface area contributed by atoms with Gasteiger partial charge in [0.15, 0.2) is 5.78 Å². The van der Waals surface area contributed by atoms with Gasteiger partial charge in [-0.1, -0.05) is 28.7 Å². The summed E-state index contributed by atoms with van der Waals surface area (Å²) in [5, 5.41) is 5.50. The number of ketones is 1. The Morgan fingerprint density at radius 3 is 2.15 bits per heavy atom. The molecule has 3 saturated carbocycles. The molecule has 226 valence electrons. The topological polar surface area (TPSA) is 90.7 Å². The molecule has 8 atom stereocenters. The number of nitrogens with one attached hydrogen (secondary N) is 2. The Hall–Kier alpha value is -0.990. The molecule has 6 aliphatic rings. The summed E-state index contributed by atoms with van der Waals surface area (Å²) in [4.78, 5) is 25.6. The van der Waals surface area contributed by atoms with Crippen molar-refractivity contribution >= 4 is 20.9 Å². The number of halogens is 2. The molecule has 1 amide bonds. The minimum absolute atomic E-state index is 0.0185. The van der Waals surface area contributed by atoms with Gasteiger partial charge in [-0.3, -0.25) is 20.3 Å². The van der Waals surface area contributed by atoms with Crippen molar-refractivity contribution in [3.8, 4) is 0 Å². The summed E-state index contributed by atoms with van der Waals surface area (Å²) in [5.74, 6) is 2.14. The smallest absolute Gasteiger partial charge is 0.273 e. The second-order valence-corrected chi connectivity index (χ2v) is 14.1. The van der Waals surface area contributed by atoms with Crippen molar-refractivity contribution < 1.29 is 18.4 Å². The van der Waals surface area contributed by atoms with Crippen LogP contribution in [0.25, 0.3) is 0 Å². The number of piperidine rings is 2. The minimum atomic E-state index is -2.91. The first-order valence-electron chi connectivity index (χ1n) is 15.7. The highest BCUT2D eigenvalue weighted by Crippen LogP contribution is 2.47. The average molecular weight is 582 g/mol. The molecule has 0 spiro atoms. The molecule has 7 unspecified atom stereocenters. The fourth-order valence-electron chi connectivity index (χ4n) is 8.47. The quantitative estimate of drug-likeness (QED) is 0.333. The number of amides is 1. The van der Waals surface area contributed by atoms with E-state index in [2.05, 4.69) is 27.2 Å². The molecule has 0 aromatic carbocycles. The predicted octanol–water partition coefficient (Wildman–Crippen LogP) is 4.19. The van der Waals surface area contributed by atoms with Crippen LogP contribution in [0.5, 0.6) is 0 Å². The summed E-state index contributed by atoms with van der Waals surface area (Å²) >= 11 is 0. The van der Waals surface area contributed by atoms with Gasteiger partial charge in [0.1, 0.15) is 0 Å². The molecule has 4 N–H and O–H groups in total. The van der Waals surface area contributed by atoms with Gasteiger partial charge >= 0.3 is 0 Å². The van der Waals surface area contributed by atoms with Gasteiger partial charge in [-0.05, 0) is 95.5 Å². The number of hydrogen-bond donors (Lipinski definition) is 3. The van der Waals surface area contributed by atoms with Gasteiger partial charge in [0.05, 0.1) is 18.1 Å². The third-order valence-corrected chi connectivity index (χ3v) is 11.1. The number of nitrogens with two attached hydrogens (primary N) is 1.